The fourth-order valence-corrected chi connectivity index (χ4v) is 1.50. The quantitative estimate of drug-likeness (QED) is 0.677. The number of hydrogen-bond donors (Lipinski definition) is 0. The van der Waals surface area contributed by atoms with Gasteiger partial charge in [0.1, 0.15) is 0 Å². The molecule has 68 valence electrons. The van der Waals surface area contributed by atoms with E-state index in [1.807, 2.05) is 31.2 Å². The summed E-state index contributed by atoms with van der Waals surface area (Å²) in [5, 5.41) is 0. The highest BCUT2D eigenvalue weighted by Crippen LogP contribution is 2.08. The first-order valence-corrected chi connectivity index (χ1v) is 4.98. The minimum absolute atomic E-state index is 0.712. The van der Waals surface area contributed by atoms with Crippen LogP contribution in [0.25, 0.3) is 0 Å². The van der Waals surface area contributed by atoms with E-state index in [1.54, 1.807) is 0 Å². The van der Waals surface area contributed by atoms with Crippen LogP contribution < -0.4 is 0 Å². The molecule has 2 nitrogen and oxygen atoms in total. The summed E-state index contributed by atoms with van der Waals surface area (Å²) >= 11 is 0. The molecule has 3 heteroatoms. The molecular weight excluding hydrogens is 182 g/mol. The van der Waals surface area contributed by atoms with Crippen molar-refractivity contribution in [1.82, 2.24) is 0 Å². The van der Waals surface area contributed by atoms with E-state index < -0.39 is 11.0 Å². The number of benzene rings is 1. The summed E-state index contributed by atoms with van der Waals surface area (Å²) in [4.78, 5) is 0.712. The Morgan fingerprint density at radius 2 is 2.00 bits per heavy atom. The second-order valence-electron chi connectivity index (χ2n) is 2.55. The second kappa shape index (κ2) is 4.72. The molecule has 0 unspecified atom stereocenters. The lowest BCUT2D eigenvalue weighted by Crippen LogP contribution is -1.86. The van der Waals surface area contributed by atoms with Gasteiger partial charge in [-0.25, -0.2) is 4.21 Å². The molecule has 0 radical (unpaired) electrons. The predicted molar refractivity (Wildman–Crippen MR) is 56.3 cm³/mol. The van der Waals surface area contributed by atoms with E-state index in [2.05, 4.69) is 11.0 Å². The first-order valence-electron chi connectivity index (χ1n) is 3.87. The lowest BCUT2D eigenvalue weighted by molar-refractivity contribution is 0.684. The summed E-state index contributed by atoms with van der Waals surface area (Å²) in [7, 11) is -1.29. The zero-order valence-corrected chi connectivity index (χ0v) is 8.25. The Morgan fingerprint density at radius 3 is 2.54 bits per heavy atom. The average Bonchev–Trinajstić information content (AvgIpc) is 2.15. The molecule has 13 heavy (non-hydrogen) atoms. The lowest BCUT2D eigenvalue weighted by atomic mass is 10.2. The minimum atomic E-state index is -1.29. The first-order chi connectivity index (χ1) is 6.24. The van der Waals surface area contributed by atoms with Gasteiger partial charge in [-0.05, 0) is 19.1 Å². The highest BCUT2D eigenvalue weighted by Gasteiger charge is 1.98. The van der Waals surface area contributed by atoms with Crippen molar-refractivity contribution in [1.29, 1.82) is 0 Å². The van der Waals surface area contributed by atoms with Gasteiger partial charge in [0.2, 0.25) is 0 Å². The van der Waals surface area contributed by atoms with E-state index in [0.29, 0.717) is 4.90 Å². The molecule has 0 aliphatic carbocycles. The van der Waals surface area contributed by atoms with Crippen molar-refractivity contribution in [2.24, 2.45) is 4.40 Å². The molecule has 0 spiro atoms. The summed E-state index contributed by atoms with van der Waals surface area (Å²) in [6, 6.07) is 7.45. The fourth-order valence-electron chi connectivity index (χ4n) is 0.814. The Morgan fingerprint density at radius 1 is 1.38 bits per heavy atom. The highest BCUT2D eigenvalue weighted by molar-refractivity contribution is 7.83. The molecule has 0 heterocycles. The van der Waals surface area contributed by atoms with Crippen molar-refractivity contribution in [2.45, 2.75) is 11.8 Å². The molecule has 0 saturated heterocycles. The van der Waals surface area contributed by atoms with Crippen LogP contribution in [0.15, 0.2) is 46.2 Å². The molecule has 0 fully saturated rings. The number of hydrogen-bond acceptors (Lipinski definition) is 1. The van der Waals surface area contributed by atoms with Gasteiger partial charge in [-0.2, -0.15) is 4.40 Å². The summed E-state index contributed by atoms with van der Waals surface area (Å²) in [6.07, 6.45) is 2.95. The van der Waals surface area contributed by atoms with Crippen LogP contribution in [-0.2, 0) is 11.0 Å². The predicted octanol–water partition coefficient (Wildman–Crippen LogP) is 2.27. The molecule has 0 bridgehead atoms. The third kappa shape index (κ3) is 2.95. The fraction of sp³-hybridized carbons (Fsp3) is 0.100. The Balaban J connectivity index is 2.83. The van der Waals surface area contributed by atoms with Crippen molar-refractivity contribution in [3.8, 4) is 0 Å². The van der Waals surface area contributed by atoms with Gasteiger partial charge in [0.15, 0.2) is 11.0 Å². The van der Waals surface area contributed by atoms with Gasteiger partial charge in [-0.1, -0.05) is 30.4 Å². The maximum Gasteiger partial charge on any atom is 0.172 e. The maximum atomic E-state index is 11.4. The van der Waals surface area contributed by atoms with Crippen molar-refractivity contribution in [3.63, 3.8) is 0 Å². The van der Waals surface area contributed by atoms with Gasteiger partial charge in [0.05, 0.1) is 4.90 Å². The average molecular weight is 193 g/mol. The van der Waals surface area contributed by atoms with E-state index in [0.717, 1.165) is 5.56 Å². The summed E-state index contributed by atoms with van der Waals surface area (Å²) in [5.41, 5.74) is 1.15. The Labute approximate surface area is 80.6 Å². The lowest BCUT2D eigenvalue weighted by Gasteiger charge is -1.95. The molecule has 0 aliphatic heterocycles. The molecule has 0 aromatic heterocycles. The summed E-state index contributed by atoms with van der Waals surface area (Å²) in [5.74, 6) is 0. The summed E-state index contributed by atoms with van der Waals surface area (Å²) in [6.45, 7) is 5.44. The van der Waals surface area contributed by atoms with Gasteiger partial charge >= 0.3 is 0 Å². The number of aryl methyl sites for hydroxylation is 1. The van der Waals surface area contributed by atoms with Crippen LogP contribution in [0.2, 0.25) is 0 Å². The molecule has 0 aliphatic rings. The van der Waals surface area contributed by atoms with Crippen LogP contribution in [0.1, 0.15) is 5.56 Å². The van der Waals surface area contributed by atoms with Gasteiger partial charge in [-0.15, -0.1) is 0 Å². The van der Waals surface area contributed by atoms with Crippen LogP contribution >= 0.6 is 0 Å². The number of allylic oxidation sites excluding steroid dienone is 1. The van der Waals surface area contributed by atoms with E-state index in [4.69, 9.17) is 0 Å². The number of nitrogens with zero attached hydrogens (tertiary/aromatic N) is 1. The number of rotatable bonds is 3. The van der Waals surface area contributed by atoms with Crippen LogP contribution in [0, 0.1) is 6.92 Å². The summed E-state index contributed by atoms with van der Waals surface area (Å²) < 4.78 is 15.2. The monoisotopic (exact) mass is 193 g/mol. The van der Waals surface area contributed by atoms with Crippen molar-refractivity contribution in [3.05, 3.63) is 42.5 Å². The van der Waals surface area contributed by atoms with Crippen molar-refractivity contribution >= 4 is 17.2 Å². The minimum Gasteiger partial charge on any atom is -0.229 e. The smallest absolute Gasteiger partial charge is 0.172 e. The molecule has 1 rings (SSSR count). The van der Waals surface area contributed by atoms with Crippen LogP contribution in [-0.4, -0.2) is 10.4 Å². The zero-order valence-electron chi connectivity index (χ0n) is 7.43. The largest absolute Gasteiger partial charge is 0.229 e. The van der Waals surface area contributed by atoms with Crippen molar-refractivity contribution in [2.75, 3.05) is 0 Å². The topological polar surface area (TPSA) is 29.4 Å². The molecule has 0 N–H and O–H groups in total. The molecule has 1 atom stereocenters. The molecule has 1 aromatic carbocycles. The van der Waals surface area contributed by atoms with Crippen molar-refractivity contribution < 1.29 is 4.21 Å². The van der Waals surface area contributed by atoms with Crippen LogP contribution in [0.4, 0.5) is 0 Å². The normalized spacial score (nSPS) is 13.0. The molecular formula is C10H11NOS. The maximum absolute atomic E-state index is 11.4. The standard InChI is InChI=1S/C10H11NOS/c1-3-8-11-13(12)10-6-4-9(2)5-7-10/h3-8H,1H2,2H3/b11-8-/t13-/m0/s1. The van der Waals surface area contributed by atoms with Crippen LogP contribution in [0.3, 0.4) is 0 Å². The third-order valence-electron chi connectivity index (χ3n) is 1.48. The highest BCUT2D eigenvalue weighted by atomic mass is 32.2. The van der Waals surface area contributed by atoms with E-state index in [-0.39, 0.29) is 0 Å². The molecule has 1 aromatic rings. The third-order valence-corrected chi connectivity index (χ3v) is 2.47. The Bertz CT molecular complexity index is 340. The van der Waals surface area contributed by atoms with Gasteiger partial charge in [-0.3, -0.25) is 0 Å². The Hall–Kier alpha value is -1.22. The van der Waals surface area contributed by atoms with Gasteiger partial charge in [0.25, 0.3) is 0 Å². The zero-order chi connectivity index (χ0) is 9.68. The van der Waals surface area contributed by atoms with Gasteiger partial charge in [0, 0.05) is 6.21 Å². The SMILES string of the molecule is C=C/C=N\[S@@](=O)c1ccc(C)cc1. The van der Waals surface area contributed by atoms with E-state index in [1.165, 1.54) is 12.3 Å². The van der Waals surface area contributed by atoms with E-state index in [9.17, 15) is 4.21 Å². The second-order valence-corrected chi connectivity index (χ2v) is 3.73. The van der Waals surface area contributed by atoms with Crippen LogP contribution in [0.5, 0.6) is 0 Å². The molecule has 0 saturated carbocycles. The van der Waals surface area contributed by atoms with E-state index >= 15 is 0 Å². The first kappa shape index (κ1) is 9.86. The molecule has 0 amide bonds. The van der Waals surface area contributed by atoms with Gasteiger partial charge < -0.3 is 0 Å². The Kier molecular flexibility index (Phi) is 3.58.